The molecule has 0 aromatic heterocycles. The van der Waals surface area contributed by atoms with Gasteiger partial charge in [-0.15, -0.1) is 0 Å². The number of carbonyl (C=O) groups is 1. The number of rotatable bonds is 9. The van der Waals surface area contributed by atoms with Crippen LogP contribution in [0.1, 0.15) is 68.3 Å². The predicted octanol–water partition coefficient (Wildman–Crippen LogP) is 4.12. The molecule has 190 valence electrons. The number of ether oxygens (including phenoxy) is 1. The third-order valence-corrected chi connectivity index (χ3v) is 6.58. The van der Waals surface area contributed by atoms with Crippen LogP contribution in [0.5, 0.6) is 5.75 Å². The topological polar surface area (TPSA) is 83.4 Å². The van der Waals surface area contributed by atoms with Crippen LogP contribution in [-0.2, 0) is 4.84 Å². The summed E-state index contributed by atoms with van der Waals surface area (Å²) in [7, 11) is 0. The lowest BCUT2D eigenvalue weighted by atomic mass is 9.92. The number of halogens is 2. The van der Waals surface area contributed by atoms with Crippen molar-refractivity contribution in [3.63, 3.8) is 0 Å². The molecule has 34 heavy (non-hydrogen) atoms. The van der Waals surface area contributed by atoms with Gasteiger partial charge in [-0.1, -0.05) is 5.16 Å². The fourth-order valence-electron chi connectivity index (χ4n) is 4.41. The van der Waals surface area contributed by atoms with Gasteiger partial charge in [-0.05, 0) is 69.2 Å². The Balaban J connectivity index is 1.35. The molecule has 2 aliphatic rings. The van der Waals surface area contributed by atoms with E-state index < -0.39 is 12.0 Å². The van der Waals surface area contributed by atoms with E-state index in [0.717, 1.165) is 62.8 Å². The zero-order chi connectivity index (χ0) is 24.7. The van der Waals surface area contributed by atoms with E-state index in [1.54, 1.807) is 19.1 Å². The first-order valence-electron chi connectivity index (χ1n) is 12.2. The zero-order valence-electron chi connectivity index (χ0n) is 20.4. The number of alkyl halides is 2. The molecule has 1 saturated heterocycles. The summed E-state index contributed by atoms with van der Waals surface area (Å²) in [4.78, 5) is 19.5. The number of carbonyl (C=O) groups excluding carboxylic acids is 1. The Hall–Kier alpha value is -2.42. The smallest absolute Gasteiger partial charge is 0.284 e. The Morgan fingerprint density at radius 3 is 2.68 bits per heavy atom. The molecular formula is C25H37F2N3O4. The molecule has 0 radical (unpaired) electrons. The first kappa shape index (κ1) is 26.2. The van der Waals surface area contributed by atoms with Gasteiger partial charge in [0.2, 0.25) is 0 Å². The Morgan fingerprint density at radius 1 is 1.35 bits per heavy atom. The van der Waals surface area contributed by atoms with Crippen LogP contribution in [0.25, 0.3) is 0 Å². The average molecular weight is 482 g/mol. The van der Waals surface area contributed by atoms with E-state index in [1.165, 1.54) is 0 Å². The number of hydrogen-bond acceptors (Lipinski definition) is 6. The minimum atomic E-state index is -2.86. The molecule has 0 saturated carbocycles. The molecule has 0 aliphatic carbocycles. The van der Waals surface area contributed by atoms with Crippen LogP contribution < -0.4 is 10.1 Å². The number of aryl methyl sites for hydroxylation is 1. The maximum Gasteiger partial charge on any atom is 0.284 e. The summed E-state index contributed by atoms with van der Waals surface area (Å²) >= 11 is 0. The van der Waals surface area contributed by atoms with E-state index in [2.05, 4.69) is 15.4 Å². The molecule has 2 N–H and O–H groups in total. The van der Waals surface area contributed by atoms with Crippen molar-refractivity contribution in [3.8, 4) is 5.75 Å². The molecule has 2 atom stereocenters. The van der Waals surface area contributed by atoms with Crippen LogP contribution in [0.4, 0.5) is 8.78 Å². The van der Waals surface area contributed by atoms with Crippen LogP contribution >= 0.6 is 0 Å². The third kappa shape index (κ3) is 7.29. The average Bonchev–Trinajstić information content (AvgIpc) is 2.81. The molecule has 9 heteroatoms. The molecular weight excluding hydrogens is 444 g/mol. The fourth-order valence-corrected chi connectivity index (χ4v) is 4.41. The molecule has 3 rings (SSSR count). The molecule has 1 aromatic rings. The standard InChI is InChI=1S/C25H37F2N3O4/c1-17-15-20(6-7-21(17)24(32)28-18(2)16-31)33-14-4-5-19-10-12-30(13-11-19)23-9-8-22(34-29-23)25(3,26)27/h6-7,15,18-19,22,31H,4-5,8-14,16H2,1-3H3,(H,28,32)/t18-,22?/m1/s1. The van der Waals surface area contributed by atoms with Gasteiger partial charge >= 0.3 is 0 Å². The molecule has 0 bridgehead atoms. The van der Waals surface area contributed by atoms with Crippen molar-refractivity contribution in [3.05, 3.63) is 29.3 Å². The molecule has 1 unspecified atom stereocenters. The number of benzene rings is 1. The van der Waals surface area contributed by atoms with Gasteiger partial charge < -0.3 is 24.9 Å². The van der Waals surface area contributed by atoms with Crippen LogP contribution in [0.3, 0.4) is 0 Å². The van der Waals surface area contributed by atoms with Gasteiger partial charge in [0.1, 0.15) is 11.6 Å². The minimum Gasteiger partial charge on any atom is -0.494 e. The maximum absolute atomic E-state index is 13.4. The molecule has 1 fully saturated rings. The van der Waals surface area contributed by atoms with E-state index >= 15 is 0 Å². The Bertz CT molecular complexity index is 851. The number of hydrogen-bond donors (Lipinski definition) is 2. The number of likely N-dealkylation sites (tertiary alicyclic amines) is 1. The van der Waals surface area contributed by atoms with Crippen molar-refractivity contribution >= 4 is 11.7 Å². The molecule has 0 spiro atoms. The molecule has 1 amide bonds. The quantitative estimate of drug-likeness (QED) is 0.519. The van der Waals surface area contributed by atoms with Crippen molar-refractivity contribution in [2.75, 3.05) is 26.3 Å². The second-order valence-electron chi connectivity index (χ2n) is 9.55. The van der Waals surface area contributed by atoms with Crippen molar-refractivity contribution in [1.29, 1.82) is 0 Å². The molecule has 7 nitrogen and oxygen atoms in total. The van der Waals surface area contributed by atoms with Crippen molar-refractivity contribution < 1.29 is 28.3 Å². The van der Waals surface area contributed by atoms with Gasteiger partial charge in [-0.2, -0.15) is 0 Å². The number of oxime groups is 1. The van der Waals surface area contributed by atoms with Gasteiger partial charge in [0, 0.05) is 44.5 Å². The lowest BCUT2D eigenvalue weighted by Gasteiger charge is -2.36. The maximum atomic E-state index is 13.4. The fraction of sp³-hybridized carbons (Fsp3) is 0.680. The molecule has 1 aromatic carbocycles. The number of piperidine rings is 1. The predicted molar refractivity (Wildman–Crippen MR) is 126 cm³/mol. The third-order valence-electron chi connectivity index (χ3n) is 6.58. The first-order valence-corrected chi connectivity index (χ1v) is 12.2. The lowest BCUT2D eigenvalue weighted by molar-refractivity contribution is -0.133. The van der Waals surface area contributed by atoms with E-state index in [9.17, 15) is 13.6 Å². The summed E-state index contributed by atoms with van der Waals surface area (Å²) in [5.74, 6) is -0.922. The Kier molecular flexibility index (Phi) is 9.10. The number of amides is 1. The lowest BCUT2D eigenvalue weighted by Crippen LogP contribution is -2.43. The van der Waals surface area contributed by atoms with E-state index in [-0.39, 0.29) is 18.6 Å². The zero-order valence-corrected chi connectivity index (χ0v) is 20.4. The monoisotopic (exact) mass is 481 g/mol. The number of amidine groups is 1. The second kappa shape index (κ2) is 11.8. The van der Waals surface area contributed by atoms with Gasteiger partial charge in [0.15, 0.2) is 6.10 Å². The summed E-state index contributed by atoms with van der Waals surface area (Å²) in [5, 5.41) is 15.8. The van der Waals surface area contributed by atoms with Crippen molar-refractivity contribution in [2.24, 2.45) is 11.1 Å². The highest BCUT2D eigenvalue weighted by Crippen LogP contribution is 2.29. The summed E-state index contributed by atoms with van der Waals surface area (Å²) in [6.07, 6.45) is 3.81. The van der Waals surface area contributed by atoms with Crippen LogP contribution in [-0.4, -0.2) is 66.1 Å². The van der Waals surface area contributed by atoms with Gasteiger partial charge in [0.25, 0.3) is 11.8 Å². The number of aliphatic hydroxyl groups excluding tert-OH is 1. The van der Waals surface area contributed by atoms with Gasteiger partial charge in [-0.3, -0.25) is 4.79 Å². The first-order chi connectivity index (χ1) is 16.2. The number of nitrogens with one attached hydrogen (secondary N) is 1. The highest BCUT2D eigenvalue weighted by atomic mass is 19.3. The summed E-state index contributed by atoms with van der Waals surface area (Å²) in [6.45, 7) is 6.75. The van der Waals surface area contributed by atoms with Crippen LogP contribution in [0.15, 0.2) is 23.4 Å². The number of nitrogens with zero attached hydrogens (tertiary/aromatic N) is 2. The van der Waals surface area contributed by atoms with E-state index in [4.69, 9.17) is 14.7 Å². The van der Waals surface area contributed by atoms with Crippen LogP contribution in [0.2, 0.25) is 0 Å². The molecule has 2 aliphatic heterocycles. The Labute approximate surface area is 200 Å². The second-order valence-corrected chi connectivity index (χ2v) is 9.55. The number of aliphatic hydroxyl groups is 1. The van der Waals surface area contributed by atoms with Crippen LogP contribution in [0, 0.1) is 12.8 Å². The highest BCUT2D eigenvalue weighted by molar-refractivity contribution is 5.96. The van der Waals surface area contributed by atoms with Crippen molar-refractivity contribution in [1.82, 2.24) is 10.2 Å². The SMILES string of the molecule is Cc1cc(OCCCC2CCN(C3=NOC(C(C)(F)F)CC3)CC2)ccc1C(=O)N[C@H](C)CO. The summed E-state index contributed by atoms with van der Waals surface area (Å²) in [5.41, 5.74) is 1.41. The van der Waals surface area contributed by atoms with E-state index in [0.29, 0.717) is 30.9 Å². The highest BCUT2D eigenvalue weighted by Gasteiger charge is 2.39. The molecule has 2 heterocycles. The Morgan fingerprint density at radius 2 is 2.09 bits per heavy atom. The minimum absolute atomic E-state index is 0.102. The van der Waals surface area contributed by atoms with Gasteiger partial charge in [-0.25, -0.2) is 8.78 Å². The summed E-state index contributed by atoms with van der Waals surface area (Å²) in [6, 6.07) is 5.13. The summed E-state index contributed by atoms with van der Waals surface area (Å²) < 4.78 is 32.6. The van der Waals surface area contributed by atoms with E-state index in [1.807, 2.05) is 13.0 Å². The van der Waals surface area contributed by atoms with Gasteiger partial charge in [0.05, 0.1) is 13.2 Å². The largest absolute Gasteiger partial charge is 0.494 e. The van der Waals surface area contributed by atoms with Crippen molar-refractivity contribution in [2.45, 2.75) is 77.4 Å². The normalized spacial score (nSPS) is 20.4.